The van der Waals surface area contributed by atoms with Crippen molar-refractivity contribution in [2.24, 2.45) is 0 Å². The maximum Gasteiger partial charge on any atom is 0.170 e. The van der Waals surface area contributed by atoms with Gasteiger partial charge in [0.15, 0.2) is 5.11 Å². The van der Waals surface area contributed by atoms with E-state index in [1.165, 1.54) is 0 Å². The third-order valence-corrected chi connectivity index (χ3v) is 2.68. The summed E-state index contributed by atoms with van der Waals surface area (Å²) < 4.78 is 4.97. The van der Waals surface area contributed by atoms with E-state index in [0.29, 0.717) is 5.11 Å². The average Bonchev–Trinajstić information content (AvgIpc) is 2.35. The Bertz CT molecular complexity index is 382. The Morgan fingerprint density at radius 3 is 2.83 bits per heavy atom. The van der Waals surface area contributed by atoms with Gasteiger partial charge in [-0.25, -0.2) is 0 Å². The Balaban J connectivity index is 2.41. The first-order valence-electron chi connectivity index (χ1n) is 5.94. The van der Waals surface area contributed by atoms with Crippen LogP contribution in [0.4, 0.5) is 11.4 Å². The SMILES string of the molecule is COCCCNC(=S)Nc1cccc(N(C)C)c1. The quantitative estimate of drug-likeness (QED) is 0.609. The maximum atomic E-state index is 5.22. The van der Waals surface area contributed by atoms with E-state index < -0.39 is 0 Å². The van der Waals surface area contributed by atoms with Crippen LogP contribution in [0.5, 0.6) is 0 Å². The normalized spacial score (nSPS) is 9.94. The number of ether oxygens (including phenoxy) is 1. The summed E-state index contributed by atoms with van der Waals surface area (Å²) in [5, 5.41) is 6.95. The molecule has 2 N–H and O–H groups in total. The van der Waals surface area contributed by atoms with E-state index in [1.807, 2.05) is 26.2 Å². The molecule has 1 aromatic rings. The predicted octanol–water partition coefficient (Wildman–Crippen LogP) is 2.08. The first kappa shape index (κ1) is 14.7. The molecule has 0 aliphatic heterocycles. The van der Waals surface area contributed by atoms with Gasteiger partial charge in [-0.15, -0.1) is 0 Å². The van der Waals surface area contributed by atoms with Gasteiger partial charge >= 0.3 is 0 Å². The van der Waals surface area contributed by atoms with Crippen molar-refractivity contribution in [1.29, 1.82) is 0 Å². The van der Waals surface area contributed by atoms with E-state index >= 15 is 0 Å². The summed E-state index contributed by atoms with van der Waals surface area (Å²) in [5.41, 5.74) is 2.13. The molecule has 100 valence electrons. The van der Waals surface area contributed by atoms with Crippen LogP contribution < -0.4 is 15.5 Å². The third-order valence-electron chi connectivity index (χ3n) is 2.43. The number of thiocarbonyl (C=S) groups is 1. The van der Waals surface area contributed by atoms with Gasteiger partial charge in [0, 0.05) is 45.7 Å². The molecule has 0 amide bonds. The van der Waals surface area contributed by atoms with Crippen LogP contribution in [0.25, 0.3) is 0 Å². The van der Waals surface area contributed by atoms with Crippen molar-refractivity contribution >= 4 is 28.7 Å². The van der Waals surface area contributed by atoms with Crippen molar-refractivity contribution < 1.29 is 4.74 Å². The summed E-state index contributed by atoms with van der Waals surface area (Å²) in [6.45, 7) is 1.55. The van der Waals surface area contributed by atoms with Crippen LogP contribution in [0.1, 0.15) is 6.42 Å². The lowest BCUT2D eigenvalue weighted by molar-refractivity contribution is 0.196. The number of anilines is 2. The lowest BCUT2D eigenvalue weighted by Gasteiger charge is -2.15. The standard InChI is InChI=1S/C13H21N3OS/c1-16(2)12-7-4-6-11(10-12)15-13(18)14-8-5-9-17-3/h4,6-7,10H,5,8-9H2,1-3H3,(H2,14,15,18). The van der Waals surface area contributed by atoms with Gasteiger partial charge in [0.2, 0.25) is 0 Å². The zero-order chi connectivity index (χ0) is 13.4. The van der Waals surface area contributed by atoms with Gasteiger partial charge in [-0.2, -0.15) is 0 Å². The van der Waals surface area contributed by atoms with Gasteiger partial charge < -0.3 is 20.3 Å². The predicted molar refractivity (Wildman–Crippen MR) is 81.5 cm³/mol. The summed E-state index contributed by atoms with van der Waals surface area (Å²) >= 11 is 5.22. The van der Waals surface area contributed by atoms with Crippen molar-refractivity contribution in [1.82, 2.24) is 5.32 Å². The zero-order valence-electron chi connectivity index (χ0n) is 11.2. The second-order valence-electron chi connectivity index (χ2n) is 4.17. The molecule has 0 radical (unpaired) electrons. The fourth-order valence-corrected chi connectivity index (χ4v) is 1.68. The third kappa shape index (κ3) is 5.33. The van der Waals surface area contributed by atoms with Crippen molar-refractivity contribution in [3.63, 3.8) is 0 Å². The van der Waals surface area contributed by atoms with Crippen LogP contribution in [-0.2, 0) is 4.74 Å². The zero-order valence-corrected chi connectivity index (χ0v) is 12.0. The van der Waals surface area contributed by atoms with Crippen LogP contribution in [0, 0.1) is 0 Å². The second kappa shape index (κ2) is 7.89. The molecule has 0 aliphatic rings. The number of hydrogen-bond acceptors (Lipinski definition) is 3. The molecule has 4 nitrogen and oxygen atoms in total. The first-order valence-corrected chi connectivity index (χ1v) is 6.35. The molecule has 0 spiro atoms. The molecule has 0 fully saturated rings. The van der Waals surface area contributed by atoms with E-state index in [-0.39, 0.29) is 0 Å². The molecule has 1 rings (SSSR count). The first-order chi connectivity index (χ1) is 8.63. The molecule has 0 saturated heterocycles. The molecular weight excluding hydrogens is 246 g/mol. The Morgan fingerprint density at radius 2 is 2.17 bits per heavy atom. The van der Waals surface area contributed by atoms with Crippen LogP contribution in [0.3, 0.4) is 0 Å². The molecular formula is C13H21N3OS. The Morgan fingerprint density at radius 1 is 1.39 bits per heavy atom. The minimum absolute atomic E-state index is 0.641. The number of benzene rings is 1. The minimum atomic E-state index is 0.641. The van der Waals surface area contributed by atoms with E-state index in [9.17, 15) is 0 Å². The summed E-state index contributed by atoms with van der Waals surface area (Å²) in [6.07, 6.45) is 0.941. The average molecular weight is 267 g/mol. The van der Waals surface area contributed by atoms with Gasteiger partial charge in [0.05, 0.1) is 0 Å². The van der Waals surface area contributed by atoms with Gasteiger partial charge in [-0.3, -0.25) is 0 Å². The minimum Gasteiger partial charge on any atom is -0.385 e. The Hall–Kier alpha value is -1.33. The highest BCUT2D eigenvalue weighted by atomic mass is 32.1. The Labute approximate surface area is 114 Å². The Kier molecular flexibility index (Phi) is 6.46. The molecule has 0 unspecified atom stereocenters. The number of rotatable bonds is 6. The summed E-state index contributed by atoms with van der Waals surface area (Å²) in [4.78, 5) is 2.06. The van der Waals surface area contributed by atoms with Crippen molar-refractivity contribution in [2.45, 2.75) is 6.42 Å². The highest BCUT2D eigenvalue weighted by Crippen LogP contribution is 2.16. The number of methoxy groups -OCH3 is 1. The van der Waals surface area contributed by atoms with E-state index in [4.69, 9.17) is 17.0 Å². The smallest absolute Gasteiger partial charge is 0.170 e. The van der Waals surface area contributed by atoms with Crippen molar-refractivity contribution in [2.75, 3.05) is 44.6 Å². The van der Waals surface area contributed by atoms with E-state index in [0.717, 1.165) is 30.9 Å². The number of nitrogens with one attached hydrogen (secondary N) is 2. The van der Waals surface area contributed by atoms with Crippen LogP contribution in [0.2, 0.25) is 0 Å². The highest BCUT2D eigenvalue weighted by molar-refractivity contribution is 7.80. The molecule has 5 heteroatoms. The molecule has 0 bridgehead atoms. The monoisotopic (exact) mass is 267 g/mol. The van der Waals surface area contributed by atoms with Gasteiger partial charge in [0.25, 0.3) is 0 Å². The van der Waals surface area contributed by atoms with E-state index in [1.54, 1.807) is 7.11 Å². The summed E-state index contributed by atoms with van der Waals surface area (Å²) in [5.74, 6) is 0. The molecule has 1 aromatic carbocycles. The van der Waals surface area contributed by atoms with Crippen molar-refractivity contribution in [3.8, 4) is 0 Å². The van der Waals surface area contributed by atoms with Crippen LogP contribution in [0.15, 0.2) is 24.3 Å². The summed E-state index contributed by atoms with van der Waals surface area (Å²) in [6, 6.07) is 8.12. The highest BCUT2D eigenvalue weighted by Gasteiger charge is 1.99. The van der Waals surface area contributed by atoms with E-state index in [2.05, 4.69) is 27.7 Å². The fourth-order valence-electron chi connectivity index (χ4n) is 1.46. The topological polar surface area (TPSA) is 36.5 Å². The second-order valence-corrected chi connectivity index (χ2v) is 4.58. The molecule has 0 atom stereocenters. The maximum absolute atomic E-state index is 5.22. The largest absolute Gasteiger partial charge is 0.385 e. The van der Waals surface area contributed by atoms with Gasteiger partial charge in [-0.1, -0.05) is 6.07 Å². The summed E-state index contributed by atoms with van der Waals surface area (Å²) in [7, 11) is 5.73. The number of nitrogens with zero attached hydrogens (tertiary/aromatic N) is 1. The molecule has 0 aromatic heterocycles. The molecule has 18 heavy (non-hydrogen) atoms. The molecule has 0 aliphatic carbocycles. The van der Waals surface area contributed by atoms with Crippen LogP contribution >= 0.6 is 12.2 Å². The lowest BCUT2D eigenvalue weighted by Crippen LogP contribution is -2.29. The molecule has 0 saturated carbocycles. The fraction of sp³-hybridized carbons (Fsp3) is 0.462. The lowest BCUT2D eigenvalue weighted by atomic mass is 10.2. The number of hydrogen-bond donors (Lipinski definition) is 2. The van der Waals surface area contributed by atoms with Crippen molar-refractivity contribution in [3.05, 3.63) is 24.3 Å². The van der Waals surface area contributed by atoms with Gasteiger partial charge in [-0.05, 0) is 36.8 Å². The van der Waals surface area contributed by atoms with Crippen LogP contribution in [-0.4, -0.2) is 39.5 Å². The molecule has 0 heterocycles. The van der Waals surface area contributed by atoms with Gasteiger partial charge in [0.1, 0.15) is 0 Å².